The van der Waals surface area contributed by atoms with Crippen molar-refractivity contribution in [3.05, 3.63) is 0 Å². The third-order valence-electron chi connectivity index (χ3n) is 0. The van der Waals surface area contributed by atoms with Gasteiger partial charge in [-0.1, -0.05) is 0 Å². The minimum atomic E-state index is -2.33. The van der Waals surface area contributed by atoms with Crippen LogP contribution in [0.5, 0.6) is 0 Å². The molecular formula is CH3CeO5. The largest absolute Gasteiger partial charge is 3.00 e. The number of hydrogen-bond acceptors (Lipinski definition) is 4. The maximum atomic E-state index is 8.33. The van der Waals surface area contributed by atoms with Crippen molar-refractivity contribution in [3.8, 4) is 0 Å². The summed E-state index contributed by atoms with van der Waals surface area (Å²) in [6, 6.07) is 0. The van der Waals surface area contributed by atoms with E-state index in [9.17, 15) is 0 Å². The minimum Gasteiger partial charge on any atom is -0.870 e. The predicted molar refractivity (Wildman–Crippen MR) is 10.9 cm³/mol. The molecule has 3 N–H and O–H groups in total. The van der Waals surface area contributed by atoms with E-state index in [-0.39, 0.29) is 52.7 Å². The summed E-state index contributed by atoms with van der Waals surface area (Å²) in [4.78, 5) is 8.33. The maximum absolute atomic E-state index is 8.33. The van der Waals surface area contributed by atoms with Gasteiger partial charge in [0.05, 0.1) is 0 Å². The van der Waals surface area contributed by atoms with Gasteiger partial charge in [-0.2, -0.15) is 0 Å². The van der Waals surface area contributed by atoms with Crippen LogP contribution < -0.4 is 10.2 Å². The second kappa shape index (κ2) is 16.0. The summed E-state index contributed by atoms with van der Waals surface area (Å²) in [6.45, 7) is 0. The van der Waals surface area contributed by atoms with Gasteiger partial charge in [0, 0.05) is 0 Å². The smallest absolute Gasteiger partial charge is 0.870 e. The molecule has 0 spiro atoms. The molecule has 0 saturated carbocycles. The van der Waals surface area contributed by atoms with Gasteiger partial charge < -0.3 is 26.0 Å². The normalized spacial score (nSPS) is 3.43. The van der Waals surface area contributed by atoms with Gasteiger partial charge in [0.2, 0.25) is 0 Å². The number of carbonyl (C=O) groups excluding carboxylic acids is 1. The van der Waals surface area contributed by atoms with E-state index in [1.165, 1.54) is 0 Å². The monoisotopic (exact) mass is 235 g/mol. The van der Waals surface area contributed by atoms with Crippen molar-refractivity contribution >= 4 is 6.16 Å². The van der Waals surface area contributed by atoms with Gasteiger partial charge in [0.25, 0.3) is 0 Å². The van der Waals surface area contributed by atoms with Crippen molar-refractivity contribution in [2.24, 2.45) is 0 Å². The van der Waals surface area contributed by atoms with Crippen LogP contribution in [0.25, 0.3) is 0 Å². The van der Waals surface area contributed by atoms with E-state index < -0.39 is 6.16 Å². The first-order chi connectivity index (χ1) is 1.73. The van der Waals surface area contributed by atoms with Crippen LogP contribution in [-0.4, -0.2) is 17.1 Å². The molecule has 0 saturated heterocycles. The zero-order valence-corrected chi connectivity index (χ0v) is 6.31. The van der Waals surface area contributed by atoms with Crippen LogP contribution in [0.1, 0.15) is 0 Å². The second-order valence-corrected chi connectivity index (χ2v) is 0.250. The molecule has 1 radical (unpaired) electrons. The molecule has 0 aromatic carbocycles. The molecule has 0 aliphatic carbocycles. The first kappa shape index (κ1) is 25.6. The molecule has 0 unspecified atom stereocenters. The molecule has 7 heavy (non-hydrogen) atoms. The van der Waals surface area contributed by atoms with Crippen LogP contribution in [0.2, 0.25) is 0 Å². The number of rotatable bonds is 0. The van der Waals surface area contributed by atoms with Gasteiger partial charge in [-0.25, -0.2) is 0 Å². The van der Waals surface area contributed by atoms with E-state index in [0.29, 0.717) is 0 Å². The Balaban J connectivity index is -0.0000000150. The summed E-state index contributed by atoms with van der Waals surface area (Å²) in [5.74, 6) is 0. The van der Waals surface area contributed by atoms with Crippen LogP contribution in [-0.2, 0) is 0 Å². The van der Waals surface area contributed by atoms with Gasteiger partial charge in [-0.05, 0) is 6.16 Å². The third-order valence-corrected chi connectivity index (χ3v) is 0. The van der Waals surface area contributed by atoms with E-state index in [0.717, 1.165) is 0 Å². The van der Waals surface area contributed by atoms with E-state index in [4.69, 9.17) is 15.0 Å². The zero-order chi connectivity index (χ0) is 3.58. The Bertz CT molecular complexity index is 31.1. The average Bonchev–Trinajstić information content (AvgIpc) is 0.811. The summed E-state index contributed by atoms with van der Waals surface area (Å²) in [5.41, 5.74) is 0. The van der Waals surface area contributed by atoms with E-state index >= 15 is 0 Å². The SMILES string of the molecule is O.O=C([O-])[O-].[Ce+3].[OH-]. The Morgan fingerprint density at radius 2 is 1.29 bits per heavy atom. The summed E-state index contributed by atoms with van der Waals surface area (Å²) >= 11 is 0. The molecule has 41 valence electrons. The Hall–Kier alpha value is 0.567. The standard InChI is InChI=1S/CH2O3.Ce.2H2O/c2-1(3)4;;;/h(H2,2,3,4);;2*1H2/q;+3;;/p-3. The quantitative estimate of drug-likeness (QED) is 0.432. The summed E-state index contributed by atoms with van der Waals surface area (Å²) in [5, 5.41) is 16.7. The van der Waals surface area contributed by atoms with Crippen molar-refractivity contribution in [2.75, 3.05) is 0 Å². The van der Waals surface area contributed by atoms with Gasteiger partial charge in [0.1, 0.15) is 0 Å². The third kappa shape index (κ3) is 427. The molecule has 6 heteroatoms. The molecule has 0 fully saturated rings. The van der Waals surface area contributed by atoms with Gasteiger partial charge in [-0.15, -0.1) is 0 Å². The van der Waals surface area contributed by atoms with Crippen LogP contribution in [0.3, 0.4) is 0 Å². The van der Waals surface area contributed by atoms with Crippen molar-refractivity contribution in [2.45, 2.75) is 0 Å². The molecule has 5 nitrogen and oxygen atoms in total. The van der Waals surface area contributed by atoms with Gasteiger partial charge in [-0.3, -0.25) is 0 Å². The first-order valence-corrected chi connectivity index (χ1v) is 0.612. The topological polar surface area (TPSA) is 125 Å². The fourth-order valence-corrected chi connectivity index (χ4v) is 0. The molecule has 0 aromatic rings. The summed E-state index contributed by atoms with van der Waals surface area (Å²) in [7, 11) is 0. The van der Waals surface area contributed by atoms with Gasteiger partial charge in [0.15, 0.2) is 0 Å². The number of carboxylic acid groups (broad SMARTS) is 2. The second-order valence-electron chi connectivity index (χ2n) is 0.250. The molecule has 0 aliphatic heterocycles. The van der Waals surface area contributed by atoms with E-state index in [1.807, 2.05) is 0 Å². The van der Waals surface area contributed by atoms with Crippen molar-refractivity contribution in [1.29, 1.82) is 0 Å². The fraction of sp³-hybridized carbons (Fsp3) is 0. The van der Waals surface area contributed by atoms with E-state index in [2.05, 4.69) is 0 Å². The minimum absolute atomic E-state index is 0. The summed E-state index contributed by atoms with van der Waals surface area (Å²) < 4.78 is 0. The zero-order valence-electron chi connectivity index (χ0n) is 3.17. The maximum Gasteiger partial charge on any atom is 3.00 e. The Morgan fingerprint density at radius 1 is 1.29 bits per heavy atom. The number of carbonyl (C=O) groups is 1. The Labute approximate surface area is 73.3 Å². The molecule has 0 amide bonds. The van der Waals surface area contributed by atoms with Crippen LogP contribution >= 0.6 is 0 Å². The molecular weight excluding hydrogens is 232 g/mol. The van der Waals surface area contributed by atoms with Crippen molar-refractivity contribution in [1.82, 2.24) is 0 Å². The van der Waals surface area contributed by atoms with Crippen molar-refractivity contribution in [3.63, 3.8) is 0 Å². The van der Waals surface area contributed by atoms with Crippen LogP contribution in [0, 0.1) is 41.7 Å². The van der Waals surface area contributed by atoms with Crippen LogP contribution in [0.4, 0.5) is 4.79 Å². The Morgan fingerprint density at radius 3 is 1.29 bits per heavy atom. The predicted octanol–water partition coefficient (Wildman–Crippen LogP) is -3.45. The van der Waals surface area contributed by atoms with Crippen LogP contribution in [0.15, 0.2) is 0 Å². The molecule has 0 heterocycles. The van der Waals surface area contributed by atoms with E-state index in [1.54, 1.807) is 0 Å². The molecule has 0 aromatic heterocycles. The Kier molecular flexibility index (Phi) is 58.6. The average molecular weight is 235 g/mol. The number of hydrogen-bond donors (Lipinski definition) is 0. The molecule has 0 aliphatic rings. The van der Waals surface area contributed by atoms with Gasteiger partial charge >= 0.3 is 41.7 Å². The first-order valence-electron chi connectivity index (χ1n) is 0.612. The molecule has 0 bridgehead atoms. The summed E-state index contributed by atoms with van der Waals surface area (Å²) in [6.07, 6.45) is -2.33. The van der Waals surface area contributed by atoms with Crippen molar-refractivity contribution < 1.29 is 67.7 Å². The fourth-order valence-electron chi connectivity index (χ4n) is 0. The molecule has 0 atom stereocenters. The molecule has 0 rings (SSSR count).